The van der Waals surface area contributed by atoms with Crippen molar-refractivity contribution >= 4 is 41.9 Å². The van der Waals surface area contributed by atoms with Gasteiger partial charge in [-0.25, -0.2) is 0 Å². The average molecular weight is 477 g/mol. The van der Waals surface area contributed by atoms with Crippen LogP contribution in [-0.2, 0) is 0 Å². The van der Waals surface area contributed by atoms with Gasteiger partial charge in [-0.15, -0.1) is 11.3 Å². The third-order valence-electron chi connectivity index (χ3n) is 5.10. The van der Waals surface area contributed by atoms with E-state index in [1.54, 1.807) is 17.4 Å². The second kappa shape index (κ2) is 11.6. The Labute approximate surface area is 204 Å². The van der Waals surface area contributed by atoms with E-state index >= 15 is 0 Å². The molecule has 0 atom stereocenters. The molecule has 34 heavy (non-hydrogen) atoms. The normalized spacial score (nSPS) is 12.5. The van der Waals surface area contributed by atoms with Gasteiger partial charge in [0.05, 0.1) is 18.8 Å². The summed E-state index contributed by atoms with van der Waals surface area (Å²) in [5.41, 5.74) is 2.45. The Bertz CT molecular complexity index is 1190. The Balaban J connectivity index is 1.52. The molecule has 1 aliphatic rings. The zero-order valence-corrected chi connectivity index (χ0v) is 20.2. The number of benzene rings is 2. The Morgan fingerprint density at radius 1 is 0.794 bits per heavy atom. The van der Waals surface area contributed by atoms with Gasteiger partial charge < -0.3 is 18.9 Å². The van der Waals surface area contributed by atoms with E-state index in [4.69, 9.17) is 18.9 Å². The number of rotatable bonds is 11. The van der Waals surface area contributed by atoms with E-state index in [0.29, 0.717) is 30.3 Å². The molecule has 5 nitrogen and oxygen atoms in total. The summed E-state index contributed by atoms with van der Waals surface area (Å²) >= 11 is 1.69. The molecular formula is C28H28O5S. The van der Waals surface area contributed by atoms with Crippen LogP contribution in [0.25, 0.3) is 24.3 Å². The number of carbonyl (C=O) groups is 1. The molecule has 2 aromatic carbocycles. The minimum atomic E-state index is 0.276. The van der Waals surface area contributed by atoms with Crippen molar-refractivity contribution in [1.29, 1.82) is 0 Å². The third-order valence-corrected chi connectivity index (χ3v) is 6.12. The van der Waals surface area contributed by atoms with Gasteiger partial charge in [0.25, 0.3) is 0 Å². The molecule has 0 saturated heterocycles. The van der Waals surface area contributed by atoms with Crippen molar-refractivity contribution < 1.29 is 23.7 Å². The van der Waals surface area contributed by atoms with Gasteiger partial charge in [0, 0.05) is 15.3 Å². The van der Waals surface area contributed by atoms with Crippen LogP contribution in [-0.4, -0.2) is 26.3 Å². The quantitative estimate of drug-likeness (QED) is 0.274. The highest BCUT2D eigenvalue weighted by Gasteiger charge is 2.13. The fraction of sp³-hybridized carbons (Fsp3) is 0.250. The summed E-state index contributed by atoms with van der Waals surface area (Å²) in [7, 11) is 0. The molecule has 3 aromatic rings. The van der Waals surface area contributed by atoms with Gasteiger partial charge in [-0.3, -0.25) is 4.79 Å². The summed E-state index contributed by atoms with van der Waals surface area (Å²) in [6.45, 7) is 5.51. The van der Waals surface area contributed by atoms with Gasteiger partial charge in [0.2, 0.25) is 6.79 Å². The molecule has 2 heterocycles. The van der Waals surface area contributed by atoms with Crippen molar-refractivity contribution in [3.63, 3.8) is 0 Å². The summed E-state index contributed by atoms with van der Waals surface area (Å²) in [6, 6.07) is 13.7. The van der Waals surface area contributed by atoms with Crippen molar-refractivity contribution in [2.45, 2.75) is 26.7 Å². The molecule has 0 bridgehead atoms. The Kier molecular flexibility index (Phi) is 8.04. The lowest BCUT2D eigenvalue weighted by atomic mass is 10.1. The van der Waals surface area contributed by atoms with Gasteiger partial charge >= 0.3 is 0 Å². The van der Waals surface area contributed by atoms with E-state index in [0.717, 1.165) is 51.5 Å². The van der Waals surface area contributed by atoms with Crippen LogP contribution in [0.5, 0.6) is 23.0 Å². The Morgan fingerprint density at radius 3 is 2.15 bits per heavy atom. The van der Waals surface area contributed by atoms with Crippen LogP contribution in [0, 0.1) is 0 Å². The molecular weight excluding hydrogens is 448 g/mol. The number of fused-ring (bicyclic) bond motifs is 1. The van der Waals surface area contributed by atoms with E-state index < -0.39 is 0 Å². The fourth-order valence-electron chi connectivity index (χ4n) is 3.40. The molecule has 0 amide bonds. The number of carbonyl (C=O) groups excluding carboxylic acids is 1. The molecule has 0 radical (unpaired) electrons. The molecule has 6 heteroatoms. The van der Waals surface area contributed by atoms with Crippen molar-refractivity contribution in [1.82, 2.24) is 0 Å². The fourth-order valence-corrected chi connectivity index (χ4v) is 4.22. The van der Waals surface area contributed by atoms with Gasteiger partial charge in [-0.1, -0.05) is 26.0 Å². The minimum Gasteiger partial charge on any atom is -0.493 e. The first-order valence-electron chi connectivity index (χ1n) is 11.4. The highest BCUT2D eigenvalue weighted by molar-refractivity contribution is 7.13. The van der Waals surface area contributed by atoms with Gasteiger partial charge in [-0.05, 0) is 73.0 Å². The maximum atomic E-state index is 11.6. The number of hydrogen-bond acceptors (Lipinski definition) is 6. The van der Waals surface area contributed by atoms with Crippen molar-refractivity contribution in [3.8, 4) is 23.0 Å². The van der Waals surface area contributed by atoms with Crippen molar-refractivity contribution in [3.05, 3.63) is 68.9 Å². The number of thiophene rings is 1. The second-order valence-corrected chi connectivity index (χ2v) is 8.91. The van der Waals surface area contributed by atoms with Crippen LogP contribution >= 0.6 is 11.3 Å². The zero-order chi connectivity index (χ0) is 23.8. The van der Waals surface area contributed by atoms with Crippen LogP contribution in [0.1, 0.15) is 57.9 Å². The summed E-state index contributed by atoms with van der Waals surface area (Å²) in [6.07, 6.45) is 10.8. The van der Waals surface area contributed by atoms with E-state index in [2.05, 4.69) is 37.3 Å². The third kappa shape index (κ3) is 5.88. The smallest absolute Gasteiger partial charge is 0.231 e. The summed E-state index contributed by atoms with van der Waals surface area (Å²) in [5, 5.41) is 0. The molecule has 176 valence electrons. The highest BCUT2D eigenvalue weighted by Crippen LogP contribution is 2.34. The largest absolute Gasteiger partial charge is 0.493 e. The summed E-state index contributed by atoms with van der Waals surface area (Å²) in [4.78, 5) is 13.8. The van der Waals surface area contributed by atoms with Gasteiger partial charge in [0.15, 0.2) is 17.8 Å². The monoisotopic (exact) mass is 476 g/mol. The van der Waals surface area contributed by atoms with Crippen LogP contribution in [0.15, 0.2) is 42.5 Å². The average Bonchev–Trinajstić information content (AvgIpc) is 3.52. The van der Waals surface area contributed by atoms with Gasteiger partial charge in [0.1, 0.15) is 11.5 Å². The molecule has 4 rings (SSSR count). The van der Waals surface area contributed by atoms with Crippen LogP contribution in [0.2, 0.25) is 0 Å². The molecule has 0 N–H and O–H groups in total. The van der Waals surface area contributed by atoms with E-state index in [1.165, 1.54) is 0 Å². The molecule has 0 fully saturated rings. The standard InChI is InChI=1S/C28H28O5S/c1-3-13-30-26-17-22(18-29)27(31-14-4-2)16-21(26)7-9-24-11-10-23(34-24)8-5-20-6-12-25-28(15-20)33-19-32-25/h5-12,15-18H,3-4,13-14,19H2,1-2H3/b8-5+,9-7+. The topological polar surface area (TPSA) is 54.0 Å². The summed E-state index contributed by atoms with van der Waals surface area (Å²) in [5.74, 6) is 2.83. The number of hydrogen-bond donors (Lipinski definition) is 0. The first kappa shape index (κ1) is 23.6. The number of aldehydes is 1. The predicted molar refractivity (Wildman–Crippen MR) is 138 cm³/mol. The van der Waals surface area contributed by atoms with Crippen LogP contribution < -0.4 is 18.9 Å². The molecule has 0 spiro atoms. The summed E-state index contributed by atoms with van der Waals surface area (Å²) < 4.78 is 22.5. The van der Waals surface area contributed by atoms with Crippen molar-refractivity contribution in [2.75, 3.05) is 20.0 Å². The lowest BCUT2D eigenvalue weighted by molar-refractivity contribution is 0.111. The molecule has 0 unspecified atom stereocenters. The SMILES string of the molecule is CCCOc1cc(/C=C/c2ccc(/C=C/c3ccc4c(c3)OCO4)s2)c(OCCC)cc1C=O. The van der Waals surface area contributed by atoms with E-state index in [9.17, 15) is 4.79 Å². The van der Waals surface area contributed by atoms with Crippen LogP contribution in [0.3, 0.4) is 0 Å². The maximum absolute atomic E-state index is 11.6. The van der Waals surface area contributed by atoms with E-state index in [-0.39, 0.29) is 6.79 Å². The zero-order valence-electron chi connectivity index (χ0n) is 19.4. The second-order valence-electron chi connectivity index (χ2n) is 7.76. The molecule has 0 saturated carbocycles. The molecule has 1 aromatic heterocycles. The minimum absolute atomic E-state index is 0.276. The maximum Gasteiger partial charge on any atom is 0.231 e. The van der Waals surface area contributed by atoms with E-state index in [1.807, 2.05) is 37.3 Å². The lowest BCUT2D eigenvalue weighted by Gasteiger charge is -2.13. The molecule has 1 aliphatic heterocycles. The van der Waals surface area contributed by atoms with Gasteiger partial charge in [-0.2, -0.15) is 0 Å². The van der Waals surface area contributed by atoms with Crippen LogP contribution in [0.4, 0.5) is 0 Å². The number of ether oxygens (including phenoxy) is 4. The predicted octanol–water partition coefficient (Wildman–Crippen LogP) is 7.21. The Morgan fingerprint density at radius 2 is 1.44 bits per heavy atom. The first-order valence-corrected chi connectivity index (χ1v) is 12.3. The molecule has 0 aliphatic carbocycles. The Hall–Kier alpha value is -3.51. The van der Waals surface area contributed by atoms with Crippen molar-refractivity contribution in [2.24, 2.45) is 0 Å². The first-order chi connectivity index (χ1) is 16.7. The lowest BCUT2D eigenvalue weighted by Crippen LogP contribution is -2.02. The highest BCUT2D eigenvalue weighted by atomic mass is 32.1.